The van der Waals surface area contributed by atoms with Crippen molar-refractivity contribution in [1.82, 2.24) is 15.3 Å². The third kappa shape index (κ3) is 6.98. The van der Waals surface area contributed by atoms with E-state index < -0.39 is 0 Å². The molecule has 42 heavy (non-hydrogen) atoms. The molecule has 3 aromatic carbocycles. The van der Waals surface area contributed by atoms with E-state index >= 15 is 0 Å². The molecule has 1 aliphatic carbocycles. The Balaban J connectivity index is 1.11. The lowest BCUT2D eigenvalue weighted by Crippen LogP contribution is -2.18. The van der Waals surface area contributed by atoms with Gasteiger partial charge in [-0.2, -0.15) is 0 Å². The molecule has 214 valence electrons. The van der Waals surface area contributed by atoms with Gasteiger partial charge in [0.05, 0.1) is 17.1 Å². The van der Waals surface area contributed by atoms with Gasteiger partial charge in [-0.1, -0.05) is 35.9 Å². The van der Waals surface area contributed by atoms with Crippen LogP contribution in [0.25, 0.3) is 22.2 Å². The first-order chi connectivity index (χ1) is 20.6. The second-order valence-electron chi connectivity index (χ2n) is 10.5. The van der Waals surface area contributed by atoms with Crippen molar-refractivity contribution >= 4 is 34.0 Å². The van der Waals surface area contributed by atoms with Crippen LogP contribution in [0.1, 0.15) is 37.0 Å². The number of rotatable bonds is 11. The third-order valence-electron chi connectivity index (χ3n) is 7.47. The quantitative estimate of drug-likeness (QED) is 0.120. The van der Waals surface area contributed by atoms with Crippen molar-refractivity contribution in [2.75, 3.05) is 11.9 Å². The molecule has 6 rings (SSSR count). The molecule has 5 aromatic rings. The fourth-order valence-electron chi connectivity index (χ4n) is 5.19. The van der Waals surface area contributed by atoms with Crippen molar-refractivity contribution < 1.29 is 13.5 Å². The predicted octanol–water partition coefficient (Wildman–Crippen LogP) is 8.84. The summed E-state index contributed by atoms with van der Waals surface area (Å²) in [5, 5.41) is 8.17. The van der Waals surface area contributed by atoms with Gasteiger partial charge in [-0.25, -0.2) is 14.4 Å². The molecule has 6 nitrogen and oxygen atoms in total. The number of benzene rings is 3. The molecule has 8 heteroatoms. The van der Waals surface area contributed by atoms with Crippen LogP contribution in [0.5, 0.6) is 5.75 Å². The van der Waals surface area contributed by atoms with Crippen molar-refractivity contribution in [2.45, 2.75) is 38.8 Å². The van der Waals surface area contributed by atoms with Crippen molar-refractivity contribution in [3.63, 3.8) is 0 Å². The third-order valence-corrected chi connectivity index (χ3v) is 7.76. The number of fused-ring (bicyclic) bond motifs is 1. The van der Waals surface area contributed by atoms with Crippen LogP contribution in [0.2, 0.25) is 5.02 Å². The van der Waals surface area contributed by atoms with E-state index in [-0.39, 0.29) is 12.4 Å². The highest BCUT2D eigenvalue weighted by atomic mass is 35.5. The number of nitrogens with zero attached hydrogens (tertiary/aromatic N) is 2. The number of anilines is 2. The Labute approximate surface area is 249 Å². The second kappa shape index (κ2) is 13.2. The van der Waals surface area contributed by atoms with Crippen LogP contribution >= 0.6 is 11.6 Å². The maximum absolute atomic E-state index is 13.5. The van der Waals surface area contributed by atoms with Crippen LogP contribution in [-0.2, 0) is 13.2 Å². The summed E-state index contributed by atoms with van der Waals surface area (Å²) in [6.45, 7) is 1.90. The summed E-state index contributed by atoms with van der Waals surface area (Å²) in [5.74, 6) is 3.35. The van der Waals surface area contributed by atoms with Gasteiger partial charge in [0, 0.05) is 16.6 Å². The van der Waals surface area contributed by atoms with Crippen LogP contribution in [0.15, 0.2) is 95.7 Å². The van der Waals surface area contributed by atoms with Gasteiger partial charge in [-0.3, -0.25) is 0 Å². The summed E-state index contributed by atoms with van der Waals surface area (Å²) in [6.07, 6.45) is 11.0. The largest absolute Gasteiger partial charge is 0.487 e. The van der Waals surface area contributed by atoms with Crippen LogP contribution in [0, 0.1) is 11.7 Å². The van der Waals surface area contributed by atoms with E-state index in [0.717, 1.165) is 51.7 Å². The molecule has 1 unspecified atom stereocenters. The first kappa shape index (κ1) is 27.9. The lowest BCUT2D eigenvalue weighted by molar-refractivity contribution is 0.306. The summed E-state index contributed by atoms with van der Waals surface area (Å²) in [4.78, 5) is 8.92. The SMILES string of the molecule is Fc1cccc(COc2ccc(Nc3ncnc4ccc(-c5ccc(CNCCC6CC=CCC6)o5)cc34)cc2Cl)c1. The topological polar surface area (TPSA) is 72.2 Å². The molecule has 2 aromatic heterocycles. The molecule has 0 saturated heterocycles. The van der Waals surface area contributed by atoms with E-state index in [1.165, 1.54) is 44.1 Å². The Kier molecular flexibility index (Phi) is 8.78. The summed E-state index contributed by atoms with van der Waals surface area (Å²) in [5.41, 5.74) is 3.23. The molecule has 0 aliphatic heterocycles. The number of halogens is 2. The molecular formula is C34H32ClFN4O2. The summed E-state index contributed by atoms with van der Waals surface area (Å²) < 4.78 is 25.4. The predicted molar refractivity (Wildman–Crippen MR) is 166 cm³/mol. The van der Waals surface area contributed by atoms with Crippen molar-refractivity contribution in [3.8, 4) is 17.1 Å². The molecule has 1 atom stereocenters. The molecule has 0 fully saturated rings. The fourth-order valence-corrected chi connectivity index (χ4v) is 5.43. The number of allylic oxidation sites excluding steroid dienone is 2. The van der Waals surface area contributed by atoms with Crippen LogP contribution < -0.4 is 15.4 Å². The Hall–Kier alpha value is -4.20. The maximum Gasteiger partial charge on any atom is 0.141 e. The van der Waals surface area contributed by atoms with Crippen molar-refractivity contribution in [3.05, 3.63) is 113 Å². The van der Waals surface area contributed by atoms with Crippen LogP contribution in [0.3, 0.4) is 0 Å². The van der Waals surface area contributed by atoms with E-state index in [9.17, 15) is 4.39 Å². The zero-order valence-corrected chi connectivity index (χ0v) is 23.9. The van der Waals surface area contributed by atoms with Crippen LogP contribution in [0.4, 0.5) is 15.9 Å². The monoisotopic (exact) mass is 582 g/mol. The molecule has 0 radical (unpaired) electrons. The Bertz CT molecular complexity index is 1700. The Morgan fingerprint density at radius 3 is 2.81 bits per heavy atom. The van der Waals surface area contributed by atoms with E-state index in [2.05, 4.69) is 32.8 Å². The Morgan fingerprint density at radius 2 is 1.95 bits per heavy atom. The zero-order chi connectivity index (χ0) is 28.7. The number of furan rings is 1. The smallest absolute Gasteiger partial charge is 0.141 e. The summed E-state index contributed by atoms with van der Waals surface area (Å²) >= 11 is 6.51. The van der Waals surface area contributed by atoms with E-state index in [0.29, 0.717) is 23.1 Å². The Morgan fingerprint density at radius 1 is 1.00 bits per heavy atom. The fraction of sp³-hybridized carbons (Fsp3) is 0.235. The minimum absolute atomic E-state index is 0.215. The van der Waals surface area contributed by atoms with E-state index in [1.54, 1.807) is 24.3 Å². The first-order valence-corrected chi connectivity index (χ1v) is 14.6. The lowest BCUT2D eigenvalue weighted by atomic mass is 9.91. The summed E-state index contributed by atoms with van der Waals surface area (Å²) in [6, 6.07) is 21.7. The highest BCUT2D eigenvalue weighted by Crippen LogP contribution is 2.33. The minimum atomic E-state index is -0.301. The van der Waals surface area contributed by atoms with E-state index in [4.69, 9.17) is 20.8 Å². The van der Waals surface area contributed by atoms with Gasteiger partial charge < -0.3 is 19.8 Å². The van der Waals surface area contributed by atoms with Crippen molar-refractivity contribution in [1.29, 1.82) is 0 Å². The standard InChI is InChI=1S/C34H32ClFN4O2/c35-30-19-27(10-13-33(30)41-21-24-7-4-8-26(36)17-24)40-34-29-18-25(9-12-31(29)38-22-39-34)32-14-11-28(42-32)20-37-16-15-23-5-2-1-3-6-23/h1-2,4,7-14,17-19,22-23,37H,3,5-6,15-16,20-21H2,(H,38,39,40). The van der Waals surface area contributed by atoms with Gasteiger partial charge in [0.15, 0.2) is 0 Å². The minimum Gasteiger partial charge on any atom is -0.487 e. The molecule has 2 N–H and O–H groups in total. The van der Waals surface area contributed by atoms with Gasteiger partial charge in [0.1, 0.15) is 41.8 Å². The summed E-state index contributed by atoms with van der Waals surface area (Å²) in [7, 11) is 0. The maximum atomic E-state index is 13.5. The number of hydrogen-bond acceptors (Lipinski definition) is 6. The molecule has 0 spiro atoms. The highest BCUT2D eigenvalue weighted by Gasteiger charge is 2.12. The van der Waals surface area contributed by atoms with Crippen LogP contribution in [-0.4, -0.2) is 16.5 Å². The zero-order valence-electron chi connectivity index (χ0n) is 23.2. The first-order valence-electron chi connectivity index (χ1n) is 14.2. The molecule has 0 amide bonds. The normalized spacial score (nSPS) is 14.8. The molecular weight excluding hydrogens is 551 g/mol. The van der Waals surface area contributed by atoms with Gasteiger partial charge in [0.25, 0.3) is 0 Å². The number of aromatic nitrogens is 2. The van der Waals surface area contributed by atoms with Gasteiger partial charge in [0.2, 0.25) is 0 Å². The molecule has 2 heterocycles. The molecule has 1 aliphatic rings. The highest BCUT2D eigenvalue weighted by molar-refractivity contribution is 6.32. The van der Waals surface area contributed by atoms with Crippen molar-refractivity contribution in [2.24, 2.45) is 5.92 Å². The average molecular weight is 583 g/mol. The lowest BCUT2D eigenvalue weighted by Gasteiger charge is -2.17. The molecule has 0 saturated carbocycles. The second-order valence-corrected chi connectivity index (χ2v) is 10.9. The number of nitrogens with one attached hydrogen (secondary N) is 2. The molecule has 0 bridgehead atoms. The number of ether oxygens (including phenoxy) is 1. The van der Waals surface area contributed by atoms with Gasteiger partial charge >= 0.3 is 0 Å². The number of hydrogen-bond donors (Lipinski definition) is 2. The average Bonchev–Trinajstić information content (AvgIpc) is 3.49. The van der Waals surface area contributed by atoms with Gasteiger partial charge in [-0.15, -0.1) is 0 Å². The van der Waals surface area contributed by atoms with Gasteiger partial charge in [-0.05, 0) is 104 Å². The van der Waals surface area contributed by atoms with E-state index in [1.807, 2.05) is 36.4 Å².